The Labute approximate surface area is 281 Å². The molecule has 1 aliphatic heterocycles. The average Bonchev–Trinajstić information content (AvgIpc) is 3.46. The molecule has 47 heavy (non-hydrogen) atoms. The highest BCUT2D eigenvalue weighted by molar-refractivity contribution is 7.98. The largest absolute Gasteiger partial charge is 0.489 e. The number of carbonyl (C=O) groups excluding carboxylic acids is 1. The van der Waals surface area contributed by atoms with Gasteiger partial charge in [-0.3, -0.25) is 4.79 Å². The summed E-state index contributed by atoms with van der Waals surface area (Å²) in [5.41, 5.74) is 8.85. The molecule has 1 amide bonds. The van der Waals surface area contributed by atoms with Crippen LogP contribution in [0, 0.1) is 13.8 Å². The van der Waals surface area contributed by atoms with Crippen molar-refractivity contribution in [1.82, 2.24) is 14.8 Å². The fourth-order valence-corrected chi connectivity index (χ4v) is 6.46. The first-order valence-electron chi connectivity index (χ1n) is 15.9. The summed E-state index contributed by atoms with van der Waals surface area (Å²) < 4.78 is 7.99. The Balaban J connectivity index is 1.27. The van der Waals surface area contributed by atoms with E-state index in [9.17, 15) is 4.79 Å². The quantitative estimate of drug-likeness (QED) is 0.156. The van der Waals surface area contributed by atoms with E-state index in [0.717, 1.165) is 45.1 Å². The molecule has 4 aromatic carbocycles. The Morgan fingerprint density at radius 1 is 0.915 bits per heavy atom. The monoisotopic (exact) mass is 643 g/mol. The maximum Gasteiger partial charge on any atom is 0.255 e. The van der Waals surface area contributed by atoms with Crippen molar-refractivity contribution in [2.75, 3.05) is 10.6 Å². The second-order valence-electron chi connectivity index (χ2n) is 13.1. The lowest BCUT2D eigenvalue weighted by Crippen LogP contribution is -2.31. The van der Waals surface area contributed by atoms with Gasteiger partial charge in [0.15, 0.2) is 0 Å². The van der Waals surface area contributed by atoms with Gasteiger partial charge in [0.05, 0.1) is 5.57 Å². The number of allylic oxidation sites excluding steroid dienone is 1. The fourth-order valence-electron chi connectivity index (χ4n) is 5.67. The third-order valence-corrected chi connectivity index (χ3v) is 9.25. The number of amides is 1. The average molecular weight is 644 g/mol. The van der Waals surface area contributed by atoms with E-state index >= 15 is 0 Å². The minimum atomic E-state index is -0.491. The first-order chi connectivity index (χ1) is 22.5. The van der Waals surface area contributed by atoms with Crippen LogP contribution in [0.4, 0.5) is 11.6 Å². The summed E-state index contributed by atoms with van der Waals surface area (Å²) in [7, 11) is 0. The van der Waals surface area contributed by atoms with E-state index in [2.05, 4.69) is 73.9 Å². The molecule has 5 aromatic rings. The fraction of sp³-hybridized carbons (Fsp3) is 0.256. The van der Waals surface area contributed by atoms with Crippen LogP contribution in [0.1, 0.15) is 67.1 Å². The van der Waals surface area contributed by atoms with Crippen LogP contribution in [0.5, 0.6) is 5.75 Å². The lowest BCUT2D eigenvalue weighted by Gasteiger charge is -2.29. The second kappa shape index (κ2) is 13.5. The number of fused-ring (bicyclic) bond motifs is 1. The molecule has 2 N–H and O–H groups in total. The predicted molar refractivity (Wildman–Crippen MR) is 191 cm³/mol. The standard InChI is InChI=1S/C39H41N5O2S/c1-25-12-21-33(26(2)22-25)41-36(45)34-27(3)40-37-42-38(47-24-29-10-8-7-9-11-29)43-44(37)35(34)30-15-19-32(20-16-30)46-23-28-13-17-31(18-14-28)39(4,5)6/h7-22,35H,23-24H2,1-6H3,(H,41,45)(H,40,42,43). The molecule has 1 unspecified atom stereocenters. The van der Waals surface area contributed by atoms with E-state index in [1.165, 1.54) is 11.1 Å². The van der Waals surface area contributed by atoms with Crippen molar-refractivity contribution < 1.29 is 9.53 Å². The number of anilines is 2. The minimum absolute atomic E-state index is 0.108. The Kier molecular flexibility index (Phi) is 9.23. The van der Waals surface area contributed by atoms with Gasteiger partial charge in [-0.15, -0.1) is 5.10 Å². The number of hydrogen-bond donors (Lipinski definition) is 2. The molecule has 1 aliphatic rings. The molecule has 8 heteroatoms. The smallest absolute Gasteiger partial charge is 0.255 e. The Morgan fingerprint density at radius 3 is 2.32 bits per heavy atom. The maximum atomic E-state index is 14.0. The summed E-state index contributed by atoms with van der Waals surface area (Å²) in [5, 5.41) is 12.1. The molecule has 1 aromatic heterocycles. The van der Waals surface area contributed by atoms with Crippen LogP contribution in [0.2, 0.25) is 0 Å². The van der Waals surface area contributed by atoms with Gasteiger partial charge >= 0.3 is 0 Å². The van der Waals surface area contributed by atoms with Gasteiger partial charge in [-0.25, -0.2) is 4.68 Å². The number of thioether (sulfide) groups is 1. The van der Waals surface area contributed by atoms with Crippen LogP contribution in [-0.4, -0.2) is 20.7 Å². The zero-order chi connectivity index (χ0) is 33.1. The van der Waals surface area contributed by atoms with Gasteiger partial charge in [0, 0.05) is 17.1 Å². The number of aromatic nitrogens is 3. The van der Waals surface area contributed by atoms with E-state index < -0.39 is 6.04 Å². The highest BCUT2D eigenvalue weighted by atomic mass is 32.2. The molecule has 0 fully saturated rings. The van der Waals surface area contributed by atoms with Gasteiger partial charge in [-0.05, 0) is 72.2 Å². The molecule has 2 heterocycles. The van der Waals surface area contributed by atoms with Crippen molar-refractivity contribution >= 4 is 29.3 Å². The molecule has 0 radical (unpaired) electrons. The van der Waals surface area contributed by atoms with Gasteiger partial charge < -0.3 is 15.4 Å². The van der Waals surface area contributed by atoms with Gasteiger partial charge in [-0.1, -0.05) is 117 Å². The number of carbonyl (C=O) groups is 1. The van der Waals surface area contributed by atoms with Gasteiger partial charge in [0.1, 0.15) is 18.4 Å². The minimum Gasteiger partial charge on any atom is -0.489 e. The van der Waals surface area contributed by atoms with E-state index in [-0.39, 0.29) is 11.3 Å². The zero-order valence-corrected chi connectivity index (χ0v) is 28.6. The number of ether oxygens (including phenoxy) is 1. The van der Waals surface area contributed by atoms with Crippen molar-refractivity contribution in [3.63, 3.8) is 0 Å². The van der Waals surface area contributed by atoms with E-state index in [4.69, 9.17) is 14.8 Å². The van der Waals surface area contributed by atoms with Crippen molar-refractivity contribution in [2.45, 2.75) is 70.5 Å². The second-order valence-corrected chi connectivity index (χ2v) is 14.0. The topological polar surface area (TPSA) is 81.1 Å². The number of nitrogens with zero attached hydrogens (tertiary/aromatic N) is 3. The number of hydrogen-bond acceptors (Lipinski definition) is 6. The van der Waals surface area contributed by atoms with Crippen LogP contribution in [-0.2, 0) is 22.6 Å². The molecule has 240 valence electrons. The van der Waals surface area contributed by atoms with Gasteiger partial charge in [0.25, 0.3) is 5.91 Å². The van der Waals surface area contributed by atoms with E-state index in [1.54, 1.807) is 11.8 Å². The normalized spacial score (nSPS) is 14.4. The summed E-state index contributed by atoms with van der Waals surface area (Å²) in [6.07, 6.45) is 0. The molecular formula is C39H41N5O2S. The first-order valence-corrected chi connectivity index (χ1v) is 16.9. The number of aryl methyl sites for hydroxylation is 2. The van der Waals surface area contributed by atoms with Crippen molar-refractivity contribution in [3.8, 4) is 5.75 Å². The lowest BCUT2D eigenvalue weighted by atomic mass is 9.87. The zero-order valence-electron chi connectivity index (χ0n) is 27.8. The van der Waals surface area contributed by atoms with E-state index in [0.29, 0.717) is 23.3 Å². The molecule has 7 nitrogen and oxygen atoms in total. The third-order valence-electron chi connectivity index (χ3n) is 8.34. The summed E-state index contributed by atoms with van der Waals surface area (Å²) in [5.74, 6) is 1.91. The van der Waals surface area contributed by atoms with Crippen LogP contribution in [0.25, 0.3) is 0 Å². The molecule has 0 saturated carbocycles. The molecule has 1 atom stereocenters. The molecule has 6 rings (SSSR count). The van der Waals surface area contributed by atoms with Crippen molar-refractivity contribution in [1.29, 1.82) is 0 Å². The molecular weight excluding hydrogens is 603 g/mol. The molecule has 0 aliphatic carbocycles. The van der Waals surface area contributed by atoms with E-state index in [1.807, 2.05) is 80.1 Å². The van der Waals surface area contributed by atoms with Crippen molar-refractivity contribution in [3.05, 3.63) is 142 Å². The van der Waals surface area contributed by atoms with Crippen LogP contribution in [0.3, 0.4) is 0 Å². The SMILES string of the molecule is CC1=C(C(=O)Nc2ccc(C)cc2C)C(c2ccc(OCc3ccc(C(C)(C)C)cc3)cc2)n2nc(SCc3ccccc3)nc2N1. The summed E-state index contributed by atoms with van der Waals surface area (Å²) in [6, 6.07) is 32.3. The van der Waals surface area contributed by atoms with Gasteiger partial charge in [0.2, 0.25) is 11.1 Å². The molecule has 0 spiro atoms. The third kappa shape index (κ3) is 7.44. The summed E-state index contributed by atoms with van der Waals surface area (Å²) in [6.45, 7) is 13.1. The number of nitrogens with one attached hydrogen (secondary N) is 2. The van der Waals surface area contributed by atoms with Crippen LogP contribution < -0.4 is 15.4 Å². The summed E-state index contributed by atoms with van der Waals surface area (Å²) >= 11 is 1.57. The lowest BCUT2D eigenvalue weighted by molar-refractivity contribution is -0.113. The number of benzene rings is 4. The predicted octanol–water partition coefficient (Wildman–Crippen LogP) is 8.99. The van der Waals surface area contributed by atoms with Crippen LogP contribution in [0.15, 0.2) is 113 Å². The molecule has 0 bridgehead atoms. The Hall–Kier alpha value is -4.82. The highest BCUT2D eigenvalue weighted by Crippen LogP contribution is 2.38. The summed E-state index contributed by atoms with van der Waals surface area (Å²) in [4.78, 5) is 18.8. The van der Waals surface area contributed by atoms with Crippen LogP contribution >= 0.6 is 11.8 Å². The molecule has 0 saturated heterocycles. The van der Waals surface area contributed by atoms with Crippen molar-refractivity contribution in [2.24, 2.45) is 0 Å². The van der Waals surface area contributed by atoms with Gasteiger partial charge in [-0.2, -0.15) is 4.98 Å². The first kappa shape index (κ1) is 32.1. The highest BCUT2D eigenvalue weighted by Gasteiger charge is 2.34. The maximum absolute atomic E-state index is 14.0. The Morgan fingerprint density at radius 2 is 1.64 bits per heavy atom. The number of rotatable bonds is 9. The Bertz CT molecular complexity index is 1910.